The molecule has 2 aromatic rings. The summed E-state index contributed by atoms with van der Waals surface area (Å²) in [5.74, 6) is 0.504. The van der Waals surface area contributed by atoms with E-state index in [0.717, 1.165) is 4.47 Å². The molecule has 0 bridgehead atoms. The predicted molar refractivity (Wildman–Crippen MR) is 118 cm³/mol. The van der Waals surface area contributed by atoms with Crippen molar-refractivity contribution in [2.75, 3.05) is 19.0 Å². The number of nitro groups is 1. The van der Waals surface area contributed by atoms with Gasteiger partial charge in [0.1, 0.15) is 11.5 Å². The van der Waals surface area contributed by atoms with Gasteiger partial charge in [-0.15, -0.1) is 0 Å². The lowest BCUT2D eigenvalue weighted by molar-refractivity contribution is -0.384. The monoisotopic (exact) mass is 481 g/mol. The summed E-state index contributed by atoms with van der Waals surface area (Å²) < 4.78 is 11.6. The van der Waals surface area contributed by atoms with Gasteiger partial charge in [-0.25, -0.2) is 0 Å². The number of nitrogens with one attached hydrogen (secondary N) is 2. The van der Waals surface area contributed by atoms with E-state index < -0.39 is 10.8 Å². The summed E-state index contributed by atoms with van der Waals surface area (Å²) in [7, 11) is 1.38. The number of non-ortho nitro benzene ring substituents is 1. The number of benzene rings is 2. The molecule has 29 heavy (non-hydrogen) atoms. The molecule has 0 heterocycles. The van der Waals surface area contributed by atoms with Crippen molar-refractivity contribution >= 4 is 50.5 Å². The molecule has 0 aliphatic rings. The van der Waals surface area contributed by atoms with Crippen LogP contribution in [0.25, 0.3) is 0 Å². The number of anilines is 1. The lowest BCUT2D eigenvalue weighted by Crippen LogP contribution is -2.34. The Labute approximate surface area is 181 Å². The number of carbonyl (C=O) groups excluding carboxylic acids is 1. The van der Waals surface area contributed by atoms with E-state index in [-0.39, 0.29) is 16.5 Å². The highest BCUT2D eigenvalue weighted by molar-refractivity contribution is 9.10. The largest absolute Gasteiger partial charge is 0.494 e. The van der Waals surface area contributed by atoms with Gasteiger partial charge in [-0.2, -0.15) is 0 Å². The first-order valence-electron chi connectivity index (χ1n) is 8.58. The van der Waals surface area contributed by atoms with Gasteiger partial charge in [0.25, 0.3) is 11.6 Å². The Bertz CT molecular complexity index is 936. The van der Waals surface area contributed by atoms with Crippen LogP contribution in [-0.2, 0) is 0 Å². The van der Waals surface area contributed by atoms with Crippen LogP contribution in [0.1, 0.15) is 24.2 Å². The van der Waals surface area contributed by atoms with E-state index in [1.807, 2.05) is 13.8 Å². The minimum atomic E-state index is -0.529. The minimum absolute atomic E-state index is 0.0111. The molecule has 0 radical (unpaired) electrons. The molecule has 154 valence electrons. The second kappa shape index (κ2) is 10.2. The molecule has 1 amide bonds. The van der Waals surface area contributed by atoms with E-state index in [4.69, 9.17) is 21.7 Å². The van der Waals surface area contributed by atoms with Crippen molar-refractivity contribution in [2.24, 2.45) is 5.92 Å². The third-order valence-corrected chi connectivity index (χ3v) is 4.33. The molecule has 0 saturated carbocycles. The smallest absolute Gasteiger partial charge is 0.273 e. The fourth-order valence-electron chi connectivity index (χ4n) is 2.28. The van der Waals surface area contributed by atoms with Gasteiger partial charge < -0.3 is 14.8 Å². The van der Waals surface area contributed by atoms with Crippen molar-refractivity contribution in [3.63, 3.8) is 0 Å². The van der Waals surface area contributed by atoms with Crippen molar-refractivity contribution in [1.82, 2.24) is 5.32 Å². The summed E-state index contributed by atoms with van der Waals surface area (Å²) in [5.41, 5.74) is 0.581. The van der Waals surface area contributed by atoms with E-state index in [2.05, 4.69) is 26.6 Å². The standard InChI is InChI=1S/C19H20BrN3O5S/c1-11(2)10-28-16-7-4-12(20)8-14(16)18(24)22-19(29)21-15-6-5-13(23(25)26)9-17(15)27-3/h4-9,11H,10H2,1-3H3,(H2,21,22,24,29). The number of thiocarbonyl (C=S) groups is 1. The fourth-order valence-corrected chi connectivity index (χ4v) is 2.85. The number of hydrogen-bond acceptors (Lipinski definition) is 6. The zero-order valence-electron chi connectivity index (χ0n) is 16.0. The Morgan fingerprint density at radius 3 is 2.59 bits per heavy atom. The molecule has 0 aliphatic carbocycles. The third kappa shape index (κ3) is 6.40. The maximum absolute atomic E-state index is 12.7. The van der Waals surface area contributed by atoms with Crippen LogP contribution in [0.4, 0.5) is 11.4 Å². The SMILES string of the molecule is COc1cc([N+](=O)[O-])ccc1NC(=S)NC(=O)c1cc(Br)ccc1OCC(C)C. The molecule has 0 unspecified atom stereocenters. The second-order valence-corrected chi connectivity index (χ2v) is 7.72. The second-order valence-electron chi connectivity index (χ2n) is 6.40. The molecule has 8 nitrogen and oxygen atoms in total. The van der Waals surface area contributed by atoms with E-state index in [1.165, 1.54) is 25.3 Å². The van der Waals surface area contributed by atoms with Gasteiger partial charge >= 0.3 is 0 Å². The first kappa shape index (κ1) is 22.6. The van der Waals surface area contributed by atoms with Gasteiger partial charge in [0.15, 0.2) is 5.11 Å². The molecule has 0 fully saturated rings. The van der Waals surface area contributed by atoms with Crippen LogP contribution in [0.5, 0.6) is 11.5 Å². The zero-order chi connectivity index (χ0) is 21.6. The van der Waals surface area contributed by atoms with Crippen molar-refractivity contribution in [3.05, 3.63) is 56.5 Å². The molecule has 0 aromatic heterocycles. The van der Waals surface area contributed by atoms with Crippen molar-refractivity contribution < 1.29 is 19.2 Å². The predicted octanol–water partition coefficient (Wildman–Crippen LogP) is 4.53. The number of amides is 1. The highest BCUT2D eigenvalue weighted by atomic mass is 79.9. The Morgan fingerprint density at radius 2 is 1.97 bits per heavy atom. The maximum atomic E-state index is 12.7. The van der Waals surface area contributed by atoms with Gasteiger partial charge in [-0.05, 0) is 42.4 Å². The summed E-state index contributed by atoms with van der Waals surface area (Å²) in [6.07, 6.45) is 0. The molecular weight excluding hydrogens is 462 g/mol. The van der Waals surface area contributed by atoms with Gasteiger partial charge in [0, 0.05) is 10.5 Å². The van der Waals surface area contributed by atoms with Gasteiger partial charge in [0.05, 0.1) is 36.0 Å². The van der Waals surface area contributed by atoms with E-state index >= 15 is 0 Å². The Morgan fingerprint density at radius 1 is 1.24 bits per heavy atom. The third-order valence-electron chi connectivity index (χ3n) is 3.63. The molecular formula is C19H20BrN3O5S. The average molecular weight is 482 g/mol. The number of nitro benzene ring substituents is 1. The van der Waals surface area contributed by atoms with Gasteiger partial charge in [0.2, 0.25) is 0 Å². The number of halogens is 1. The lowest BCUT2D eigenvalue weighted by atomic mass is 10.2. The van der Waals surface area contributed by atoms with Crippen molar-refractivity contribution in [3.8, 4) is 11.5 Å². The lowest BCUT2D eigenvalue weighted by Gasteiger charge is -2.15. The van der Waals surface area contributed by atoms with E-state index in [9.17, 15) is 14.9 Å². The van der Waals surface area contributed by atoms with E-state index in [0.29, 0.717) is 29.5 Å². The number of carbonyl (C=O) groups is 1. The quantitative estimate of drug-likeness (QED) is 0.340. The maximum Gasteiger partial charge on any atom is 0.273 e. The Hall–Kier alpha value is -2.72. The first-order valence-corrected chi connectivity index (χ1v) is 9.78. The summed E-state index contributed by atoms with van der Waals surface area (Å²) in [6, 6.07) is 9.15. The van der Waals surface area contributed by atoms with Gasteiger partial charge in [-0.3, -0.25) is 20.2 Å². The van der Waals surface area contributed by atoms with Crippen LogP contribution >= 0.6 is 28.1 Å². The number of methoxy groups -OCH3 is 1. The molecule has 10 heteroatoms. The van der Waals surface area contributed by atoms with Crippen LogP contribution in [0.15, 0.2) is 40.9 Å². The van der Waals surface area contributed by atoms with Crippen molar-refractivity contribution in [1.29, 1.82) is 0 Å². The highest BCUT2D eigenvalue weighted by Crippen LogP contribution is 2.29. The summed E-state index contributed by atoms with van der Waals surface area (Å²) in [5, 5.41) is 16.3. The fraction of sp³-hybridized carbons (Fsp3) is 0.263. The van der Waals surface area contributed by atoms with E-state index in [1.54, 1.807) is 18.2 Å². The molecule has 0 aliphatic heterocycles. The molecule has 2 N–H and O–H groups in total. The summed E-state index contributed by atoms with van der Waals surface area (Å²) in [6.45, 7) is 4.48. The Balaban J connectivity index is 2.14. The summed E-state index contributed by atoms with van der Waals surface area (Å²) >= 11 is 8.55. The van der Waals surface area contributed by atoms with Crippen LogP contribution in [0, 0.1) is 16.0 Å². The van der Waals surface area contributed by atoms with Crippen LogP contribution in [0.3, 0.4) is 0 Å². The highest BCUT2D eigenvalue weighted by Gasteiger charge is 2.17. The Kier molecular flexibility index (Phi) is 7.91. The molecule has 0 atom stereocenters. The van der Waals surface area contributed by atoms with Crippen LogP contribution in [0.2, 0.25) is 0 Å². The molecule has 2 aromatic carbocycles. The number of ether oxygens (including phenoxy) is 2. The normalized spacial score (nSPS) is 10.4. The molecule has 0 saturated heterocycles. The topological polar surface area (TPSA) is 103 Å². The first-order chi connectivity index (χ1) is 13.7. The molecule has 2 rings (SSSR count). The average Bonchev–Trinajstić information content (AvgIpc) is 2.66. The van der Waals surface area contributed by atoms with Crippen molar-refractivity contribution in [2.45, 2.75) is 13.8 Å². The summed E-state index contributed by atoms with van der Waals surface area (Å²) in [4.78, 5) is 23.1. The molecule has 0 spiro atoms. The number of hydrogen-bond donors (Lipinski definition) is 2. The number of rotatable bonds is 7. The van der Waals surface area contributed by atoms with Crippen LogP contribution < -0.4 is 20.1 Å². The van der Waals surface area contributed by atoms with Gasteiger partial charge in [-0.1, -0.05) is 29.8 Å². The minimum Gasteiger partial charge on any atom is -0.494 e. The van der Waals surface area contributed by atoms with Crippen LogP contribution in [-0.4, -0.2) is 29.7 Å². The number of nitrogens with zero attached hydrogens (tertiary/aromatic N) is 1. The zero-order valence-corrected chi connectivity index (χ0v) is 18.4.